The van der Waals surface area contributed by atoms with Crippen LogP contribution in [0.25, 0.3) is 10.9 Å². The van der Waals surface area contributed by atoms with Crippen molar-refractivity contribution in [1.29, 1.82) is 0 Å². The first-order chi connectivity index (χ1) is 15.1. The normalized spacial score (nSPS) is 18.6. The second-order valence-electron chi connectivity index (χ2n) is 7.81. The second-order valence-corrected chi connectivity index (χ2v) is 10.3. The predicted octanol–water partition coefficient (Wildman–Crippen LogP) is 1.28. The van der Waals surface area contributed by atoms with Gasteiger partial charge in [0.15, 0.2) is 26.7 Å². The molecule has 2 unspecified atom stereocenters. The molecule has 1 aromatic carbocycles. The van der Waals surface area contributed by atoms with Crippen molar-refractivity contribution in [2.45, 2.75) is 50.2 Å². The number of fused-ring (bicyclic) bond motifs is 1. The Kier molecular flexibility index (Phi) is 6.97. The molecule has 1 aromatic heterocycles. The molecule has 0 spiro atoms. The molecule has 9 nitrogen and oxygen atoms in total. The van der Waals surface area contributed by atoms with Crippen LogP contribution in [-0.2, 0) is 30.8 Å². The molecule has 2 aromatic rings. The molecule has 0 saturated carbocycles. The number of rotatable bonds is 7. The van der Waals surface area contributed by atoms with Crippen LogP contribution in [0.3, 0.4) is 0 Å². The molecule has 2 atom stereocenters. The first kappa shape index (κ1) is 23.8. The summed E-state index contributed by atoms with van der Waals surface area (Å²) in [5.41, 5.74) is 1.41. The van der Waals surface area contributed by atoms with E-state index in [2.05, 4.69) is 16.4 Å². The maximum Gasteiger partial charge on any atom is 0.264 e. The van der Waals surface area contributed by atoms with Crippen LogP contribution in [0.4, 0.5) is 4.39 Å². The third-order valence-corrected chi connectivity index (χ3v) is 7.66. The van der Waals surface area contributed by atoms with E-state index in [0.29, 0.717) is 13.0 Å². The zero-order valence-corrected chi connectivity index (χ0v) is 18.6. The molecule has 1 aliphatic rings. The maximum absolute atomic E-state index is 14.3. The molecule has 11 heteroatoms. The van der Waals surface area contributed by atoms with Gasteiger partial charge in [-0.15, -0.1) is 6.42 Å². The minimum Gasteiger partial charge on any atom is -0.350 e. The highest BCUT2D eigenvalue weighted by molar-refractivity contribution is 7.92. The fraction of sp³-hybridized carbons (Fsp3) is 0.476. The highest BCUT2D eigenvalue weighted by Crippen LogP contribution is 2.23. The van der Waals surface area contributed by atoms with E-state index in [0.717, 1.165) is 30.0 Å². The Balaban J connectivity index is 1.81. The molecule has 3 rings (SSSR count). The molecule has 172 valence electrons. The summed E-state index contributed by atoms with van der Waals surface area (Å²) in [5, 5.41) is -0.00714. The van der Waals surface area contributed by atoms with Gasteiger partial charge in [-0.25, -0.2) is 28.1 Å². The topological polar surface area (TPSA) is 117 Å². The van der Waals surface area contributed by atoms with Gasteiger partial charge >= 0.3 is 0 Å². The number of carbonyl (C=O) groups excluding carboxylic acids is 1. The largest absolute Gasteiger partial charge is 0.350 e. The minimum atomic E-state index is -3.91. The number of benzene rings is 1. The molecule has 1 N–H and O–H groups in total. The number of halogens is 1. The summed E-state index contributed by atoms with van der Waals surface area (Å²) in [6.07, 6.45) is 8.70. The van der Waals surface area contributed by atoms with Gasteiger partial charge in [0, 0.05) is 25.8 Å². The average molecular weight is 466 g/mol. The van der Waals surface area contributed by atoms with Gasteiger partial charge in [-0.3, -0.25) is 14.2 Å². The predicted molar refractivity (Wildman–Crippen MR) is 115 cm³/mol. The van der Waals surface area contributed by atoms with Crippen molar-refractivity contribution in [2.75, 3.05) is 12.9 Å². The van der Waals surface area contributed by atoms with Gasteiger partial charge in [-0.05, 0) is 38.3 Å². The Hall–Kier alpha value is -2.81. The van der Waals surface area contributed by atoms with Crippen LogP contribution >= 0.6 is 0 Å². The lowest BCUT2D eigenvalue weighted by Crippen LogP contribution is -2.51. The van der Waals surface area contributed by atoms with E-state index in [1.807, 2.05) is 0 Å². The van der Waals surface area contributed by atoms with E-state index in [1.54, 1.807) is 0 Å². The lowest BCUT2D eigenvalue weighted by Gasteiger charge is -2.28. The van der Waals surface area contributed by atoms with Crippen molar-refractivity contribution < 1.29 is 27.2 Å². The average Bonchev–Trinajstić information content (AvgIpc) is 2.77. The summed E-state index contributed by atoms with van der Waals surface area (Å²) in [6.45, 7) is 1.59. The molecule has 0 aliphatic carbocycles. The summed E-state index contributed by atoms with van der Waals surface area (Å²) in [4.78, 5) is 34.7. The number of nitrogens with one attached hydrogen (secondary N) is 1. The van der Waals surface area contributed by atoms with Gasteiger partial charge in [0.25, 0.3) is 11.5 Å². The number of nitrogens with zero attached hydrogens (tertiary/aromatic N) is 2. The quantitative estimate of drug-likeness (QED) is 0.484. The van der Waals surface area contributed by atoms with Gasteiger partial charge in [0.1, 0.15) is 5.52 Å². The second kappa shape index (κ2) is 9.36. The SMILES string of the molecule is C#Cc1ccc2c(=O)n(CCC(C)(C(=O)NOC3CCCCO3)S(C)(=O)=O)cnc2c1F. The van der Waals surface area contributed by atoms with E-state index in [1.165, 1.54) is 19.1 Å². The number of amides is 1. The number of terminal acetylenes is 1. The number of hydroxylamine groups is 1. The van der Waals surface area contributed by atoms with Crippen LogP contribution < -0.4 is 11.0 Å². The summed E-state index contributed by atoms with van der Waals surface area (Å²) in [7, 11) is -3.91. The monoisotopic (exact) mass is 465 g/mol. The first-order valence-corrected chi connectivity index (χ1v) is 11.9. The minimum absolute atomic E-state index is 0.00714. The molecule has 1 amide bonds. The fourth-order valence-corrected chi connectivity index (χ4v) is 4.14. The van der Waals surface area contributed by atoms with Gasteiger partial charge in [0.2, 0.25) is 0 Å². The highest BCUT2D eigenvalue weighted by atomic mass is 32.2. The number of hydrogen-bond acceptors (Lipinski definition) is 7. The third kappa shape index (κ3) is 4.67. The number of aryl methyl sites for hydroxylation is 1. The Morgan fingerprint density at radius 3 is 2.84 bits per heavy atom. The van der Waals surface area contributed by atoms with Gasteiger partial charge in [-0.2, -0.15) is 0 Å². The lowest BCUT2D eigenvalue weighted by atomic mass is 10.1. The molecule has 1 fully saturated rings. The number of aromatic nitrogens is 2. The Morgan fingerprint density at radius 1 is 1.47 bits per heavy atom. The van der Waals surface area contributed by atoms with E-state index in [-0.39, 0.29) is 29.4 Å². The lowest BCUT2D eigenvalue weighted by molar-refractivity contribution is -0.201. The summed E-state index contributed by atoms with van der Waals surface area (Å²) in [5.74, 6) is 0.520. The van der Waals surface area contributed by atoms with E-state index in [9.17, 15) is 22.4 Å². The molecule has 0 bridgehead atoms. The summed E-state index contributed by atoms with van der Waals surface area (Å²) < 4.78 is 43.9. The van der Waals surface area contributed by atoms with Crippen LogP contribution in [-0.4, -0.2) is 47.8 Å². The fourth-order valence-electron chi connectivity index (χ4n) is 3.30. The van der Waals surface area contributed by atoms with Crippen LogP contribution in [0.2, 0.25) is 0 Å². The molecule has 2 heterocycles. The van der Waals surface area contributed by atoms with E-state index < -0.39 is 38.2 Å². The Morgan fingerprint density at radius 2 is 2.22 bits per heavy atom. The van der Waals surface area contributed by atoms with E-state index in [4.69, 9.17) is 16.0 Å². The number of ether oxygens (including phenoxy) is 1. The standard InChI is InChI=1S/C21H24FN3O6S/c1-4-14-8-9-15-18(17(14)22)23-13-25(19(15)26)11-10-21(2,32(3,28)29)20(27)24-31-16-7-5-6-12-30-16/h1,8-9,13,16H,5-7,10-12H2,2-3H3,(H,24,27). The molecular formula is C21H24FN3O6S. The van der Waals surface area contributed by atoms with Crippen LogP contribution in [0.5, 0.6) is 0 Å². The third-order valence-electron chi connectivity index (χ3n) is 5.64. The molecule has 1 saturated heterocycles. The highest BCUT2D eigenvalue weighted by Gasteiger charge is 2.44. The molecule has 32 heavy (non-hydrogen) atoms. The van der Waals surface area contributed by atoms with Crippen LogP contribution in [0.1, 0.15) is 38.2 Å². The Labute approximate surface area is 184 Å². The van der Waals surface area contributed by atoms with Crippen molar-refractivity contribution in [3.8, 4) is 12.3 Å². The molecule has 0 radical (unpaired) electrons. The zero-order valence-electron chi connectivity index (χ0n) is 17.8. The van der Waals surface area contributed by atoms with Crippen molar-refractivity contribution >= 4 is 26.6 Å². The smallest absolute Gasteiger partial charge is 0.264 e. The molecule has 1 aliphatic heterocycles. The van der Waals surface area contributed by atoms with Crippen LogP contribution in [0.15, 0.2) is 23.3 Å². The van der Waals surface area contributed by atoms with Gasteiger partial charge < -0.3 is 4.74 Å². The zero-order chi connectivity index (χ0) is 23.5. The van der Waals surface area contributed by atoms with E-state index >= 15 is 0 Å². The number of carbonyl (C=O) groups is 1. The van der Waals surface area contributed by atoms with Crippen molar-refractivity contribution in [3.05, 3.63) is 40.2 Å². The van der Waals surface area contributed by atoms with Crippen molar-refractivity contribution in [1.82, 2.24) is 15.0 Å². The summed E-state index contributed by atoms with van der Waals surface area (Å²) in [6, 6.07) is 2.66. The first-order valence-electron chi connectivity index (χ1n) is 10.00. The Bertz CT molecular complexity index is 1230. The maximum atomic E-state index is 14.3. The number of sulfone groups is 1. The van der Waals surface area contributed by atoms with Gasteiger partial charge in [0.05, 0.1) is 17.3 Å². The number of hydrogen-bond donors (Lipinski definition) is 1. The van der Waals surface area contributed by atoms with Crippen molar-refractivity contribution in [3.63, 3.8) is 0 Å². The van der Waals surface area contributed by atoms with Crippen molar-refractivity contribution in [2.24, 2.45) is 0 Å². The molecular weight excluding hydrogens is 441 g/mol. The van der Waals surface area contributed by atoms with Crippen LogP contribution in [0, 0.1) is 18.2 Å². The van der Waals surface area contributed by atoms with Gasteiger partial charge in [-0.1, -0.05) is 5.92 Å². The summed E-state index contributed by atoms with van der Waals surface area (Å²) >= 11 is 0.